The van der Waals surface area contributed by atoms with Gasteiger partial charge in [0, 0.05) is 4.47 Å². The molecule has 0 bridgehead atoms. The lowest BCUT2D eigenvalue weighted by Gasteiger charge is -2.31. The fraction of sp³-hybridized carbons (Fsp3) is 0.385. The van der Waals surface area contributed by atoms with Gasteiger partial charge in [-0.1, -0.05) is 19.0 Å². The summed E-state index contributed by atoms with van der Waals surface area (Å²) < 4.78 is 13.7. The topological polar surface area (TPSA) is 87.7 Å². The molecular formula is C13H17BrFN3O2. The van der Waals surface area contributed by atoms with Crippen molar-refractivity contribution in [2.45, 2.75) is 32.2 Å². The Morgan fingerprint density at radius 3 is 2.60 bits per heavy atom. The number of nitrogens with two attached hydrogens (primary N) is 1. The molecular weight excluding hydrogens is 329 g/mol. The van der Waals surface area contributed by atoms with Crippen LogP contribution in [0.3, 0.4) is 0 Å². The number of nitrogens with zero attached hydrogens (tertiary/aromatic N) is 1. The van der Waals surface area contributed by atoms with Crippen LogP contribution < -0.4 is 11.1 Å². The molecule has 0 atom stereocenters. The van der Waals surface area contributed by atoms with Crippen LogP contribution in [-0.4, -0.2) is 22.5 Å². The lowest BCUT2D eigenvalue weighted by Crippen LogP contribution is -2.56. The number of rotatable bonds is 5. The van der Waals surface area contributed by atoms with E-state index in [-0.39, 0.29) is 11.4 Å². The van der Waals surface area contributed by atoms with Crippen LogP contribution in [0, 0.1) is 5.82 Å². The molecule has 0 saturated carbocycles. The van der Waals surface area contributed by atoms with Crippen LogP contribution in [0.2, 0.25) is 0 Å². The van der Waals surface area contributed by atoms with Gasteiger partial charge in [-0.15, -0.1) is 0 Å². The lowest BCUT2D eigenvalue weighted by molar-refractivity contribution is 0.0916. The van der Waals surface area contributed by atoms with Gasteiger partial charge >= 0.3 is 0 Å². The van der Waals surface area contributed by atoms with Gasteiger partial charge in [-0.05, 0) is 47.0 Å². The number of hydrogen-bond donors (Lipinski definition) is 3. The van der Waals surface area contributed by atoms with Gasteiger partial charge in [0.1, 0.15) is 11.4 Å². The van der Waals surface area contributed by atoms with Gasteiger partial charge in [-0.2, -0.15) is 0 Å². The highest BCUT2D eigenvalue weighted by molar-refractivity contribution is 9.10. The molecule has 0 fully saturated rings. The number of benzene rings is 1. The predicted octanol–water partition coefficient (Wildman–Crippen LogP) is 2.62. The molecule has 1 rings (SSSR count). The van der Waals surface area contributed by atoms with E-state index >= 15 is 0 Å². The first-order valence-electron chi connectivity index (χ1n) is 6.15. The van der Waals surface area contributed by atoms with Gasteiger partial charge in [0.2, 0.25) is 0 Å². The molecule has 1 aromatic carbocycles. The third kappa shape index (κ3) is 3.27. The van der Waals surface area contributed by atoms with Crippen molar-refractivity contribution < 1.29 is 14.4 Å². The third-order valence-corrected chi connectivity index (χ3v) is 4.02. The van der Waals surface area contributed by atoms with E-state index in [9.17, 15) is 9.18 Å². The predicted molar refractivity (Wildman–Crippen MR) is 78.3 cm³/mol. The molecule has 1 aromatic rings. The minimum absolute atomic E-state index is 0.0802. The Balaban J connectivity index is 3.12. The highest BCUT2D eigenvalue weighted by Gasteiger charge is 2.34. The molecule has 110 valence electrons. The molecule has 1 amide bonds. The largest absolute Gasteiger partial charge is 0.409 e. The summed E-state index contributed by atoms with van der Waals surface area (Å²) >= 11 is 3.20. The van der Waals surface area contributed by atoms with E-state index in [0.717, 1.165) is 6.07 Å². The zero-order valence-corrected chi connectivity index (χ0v) is 12.9. The lowest BCUT2D eigenvalue weighted by atomic mass is 9.91. The van der Waals surface area contributed by atoms with Gasteiger partial charge in [0.05, 0.1) is 5.56 Å². The van der Waals surface area contributed by atoms with Crippen molar-refractivity contribution in [2.75, 3.05) is 0 Å². The molecule has 7 heteroatoms. The number of halogens is 2. The first kappa shape index (κ1) is 16.4. The summed E-state index contributed by atoms with van der Waals surface area (Å²) in [7, 11) is 0. The molecule has 0 aliphatic carbocycles. The maximum atomic E-state index is 13.2. The Bertz CT molecular complexity index is 530. The first-order chi connectivity index (χ1) is 9.40. The van der Waals surface area contributed by atoms with Crippen LogP contribution in [-0.2, 0) is 0 Å². The van der Waals surface area contributed by atoms with Crippen LogP contribution in [0.5, 0.6) is 0 Å². The molecule has 0 unspecified atom stereocenters. The standard InChI is InChI=1S/C13H17BrFN3O2/c1-3-13(4-2,12(16)18-20)17-11(19)9-7-8(15)5-6-10(9)14/h5-7,20H,3-4H2,1-2H3,(H2,16,18)(H,17,19). The average Bonchev–Trinajstić information content (AvgIpc) is 2.46. The fourth-order valence-corrected chi connectivity index (χ4v) is 2.33. The summed E-state index contributed by atoms with van der Waals surface area (Å²) in [6.45, 7) is 3.62. The van der Waals surface area contributed by atoms with E-state index in [1.165, 1.54) is 12.1 Å². The van der Waals surface area contributed by atoms with Crippen molar-refractivity contribution in [3.05, 3.63) is 34.1 Å². The van der Waals surface area contributed by atoms with Crippen molar-refractivity contribution in [1.29, 1.82) is 0 Å². The van der Waals surface area contributed by atoms with Crippen LogP contribution in [0.1, 0.15) is 37.0 Å². The van der Waals surface area contributed by atoms with E-state index < -0.39 is 17.3 Å². The van der Waals surface area contributed by atoms with Crippen LogP contribution in [0.4, 0.5) is 4.39 Å². The number of carbonyl (C=O) groups is 1. The second kappa shape index (κ2) is 6.69. The maximum Gasteiger partial charge on any atom is 0.253 e. The smallest absolute Gasteiger partial charge is 0.253 e. The fourth-order valence-electron chi connectivity index (χ4n) is 1.90. The van der Waals surface area contributed by atoms with E-state index in [2.05, 4.69) is 26.4 Å². The number of amidine groups is 1. The van der Waals surface area contributed by atoms with Gasteiger partial charge in [0.25, 0.3) is 5.91 Å². The Kier molecular flexibility index (Phi) is 5.50. The number of oxime groups is 1. The third-order valence-electron chi connectivity index (χ3n) is 3.33. The van der Waals surface area contributed by atoms with Crippen molar-refractivity contribution in [1.82, 2.24) is 5.32 Å². The van der Waals surface area contributed by atoms with Crippen molar-refractivity contribution in [2.24, 2.45) is 10.9 Å². The van der Waals surface area contributed by atoms with E-state index in [0.29, 0.717) is 17.3 Å². The quantitative estimate of drug-likeness (QED) is 0.331. The summed E-state index contributed by atoms with van der Waals surface area (Å²) in [6, 6.07) is 3.83. The molecule has 0 heterocycles. The zero-order chi connectivity index (χ0) is 15.3. The van der Waals surface area contributed by atoms with Crippen molar-refractivity contribution >= 4 is 27.7 Å². The minimum Gasteiger partial charge on any atom is -0.409 e. The van der Waals surface area contributed by atoms with Gasteiger partial charge < -0.3 is 16.3 Å². The molecule has 0 radical (unpaired) electrons. The van der Waals surface area contributed by atoms with Gasteiger partial charge in [0.15, 0.2) is 5.84 Å². The number of amides is 1. The maximum absolute atomic E-state index is 13.2. The number of nitrogens with one attached hydrogen (secondary N) is 1. The molecule has 0 spiro atoms. The molecule has 20 heavy (non-hydrogen) atoms. The first-order valence-corrected chi connectivity index (χ1v) is 6.95. The summed E-state index contributed by atoms with van der Waals surface area (Å²) in [4.78, 5) is 12.3. The molecule has 0 saturated heterocycles. The molecule has 0 aromatic heterocycles. The number of hydrogen-bond acceptors (Lipinski definition) is 3. The Labute approximate surface area is 125 Å². The van der Waals surface area contributed by atoms with Crippen LogP contribution >= 0.6 is 15.9 Å². The highest BCUT2D eigenvalue weighted by Crippen LogP contribution is 2.21. The van der Waals surface area contributed by atoms with Crippen molar-refractivity contribution in [3.8, 4) is 0 Å². The monoisotopic (exact) mass is 345 g/mol. The molecule has 0 aliphatic heterocycles. The zero-order valence-electron chi connectivity index (χ0n) is 11.3. The highest BCUT2D eigenvalue weighted by atomic mass is 79.9. The van der Waals surface area contributed by atoms with Crippen LogP contribution in [0.25, 0.3) is 0 Å². The Hall–Kier alpha value is -1.63. The summed E-state index contributed by atoms with van der Waals surface area (Å²) in [6.07, 6.45) is 0.885. The average molecular weight is 346 g/mol. The molecule has 4 N–H and O–H groups in total. The Morgan fingerprint density at radius 2 is 2.10 bits per heavy atom. The Morgan fingerprint density at radius 1 is 1.50 bits per heavy atom. The van der Waals surface area contributed by atoms with Crippen LogP contribution in [0.15, 0.2) is 27.8 Å². The van der Waals surface area contributed by atoms with Gasteiger partial charge in [-0.3, -0.25) is 4.79 Å². The number of carbonyl (C=O) groups excluding carboxylic acids is 1. The molecule has 0 aliphatic rings. The second-order valence-electron chi connectivity index (χ2n) is 4.35. The van der Waals surface area contributed by atoms with E-state index in [1.807, 2.05) is 13.8 Å². The normalized spacial score (nSPS) is 12.3. The minimum atomic E-state index is -0.961. The van der Waals surface area contributed by atoms with E-state index in [1.54, 1.807) is 0 Å². The van der Waals surface area contributed by atoms with Crippen molar-refractivity contribution in [3.63, 3.8) is 0 Å². The SMILES string of the molecule is CCC(CC)(NC(=O)c1cc(F)ccc1Br)/C(N)=N/O. The summed E-state index contributed by atoms with van der Waals surface area (Å²) in [5.74, 6) is -1.09. The van der Waals surface area contributed by atoms with Gasteiger partial charge in [-0.25, -0.2) is 4.39 Å². The molecule has 5 nitrogen and oxygen atoms in total. The van der Waals surface area contributed by atoms with E-state index in [4.69, 9.17) is 10.9 Å². The second-order valence-corrected chi connectivity index (χ2v) is 5.21. The summed E-state index contributed by atoms with van der Waals surface area (Å²) in [5, 5.41) is 14.6. The summed E-state index contributed by atoms with van der Waals surface area (Å²) in [5.41, 5.74) is 4.86.